The fourth-order valence-corrected chi connectivity index (χ4v) is 6.16. The molecule has 1 atom stereocenters. The minimum absolute atomic E-state index is 0.0818. The third-order valence-electron chi connectivity index (χ3n) is 6.73. The zero-order chi connectivity index (χ0) is 18.3. The van der Waals surface area contributed by atoms with E-state index in [1.165, 1.54) is 23.4 Å². The second-order valence-corrected chi connectivity index (χ2v) is 9.43. The summed E-state index contributed by atoms with van der Waals surface area (Å²) in [5.74, 6) is 0.449. The van der Waals surface area contributed by atoms with Gasteiger partial charge in [-0.3, -0.25) is 4.79 Å². The number of piperidine rings is 1. The van der Waals surface area contributed by atoms with Crippen molar-refractivity contribution in [1.29, 1.82) is 0 Å². The van der Waals surface area contributed by atoms with E-state index in [0.29, 0.717) is 5.91 Å². The van der Waals surface area contributed by atoms with Crippen molar-refractivity contribution in [2.75, 3.05) is 50.9 Å². The standard InChI is InChI=1S/C20H29N3O3S/c24-18(22-7-5-20(6-8-22)4-1-11-26-20)15-2-3-17-16(14-15)21-19(27-17)23-9-12-25-13-10-23/h15H,1-14H2. The molecule has 0 N–H and O–H groups in total. The Kier molecular flexibility index (Phi) is 4.86. The molecule has 7 heteroatoms. The summed E-state index contributed by atoms with van der Waals surface area (Å²) < 4.78 is 11.5. The van der Waals surface area contributed by atoms with Gasteiger partial charge in [0.05, 0.1) is 24.5 Å². The van der Waals surface area contributed by atoms with Crippen molar-refractivity contribution in [1.82, 2.24) is 9.88 Å². The Morgan fingerprint density at radius 1 is 1.11 bits per heavy atom. The van der Waals surface area contributed by atoms with Gasteiger partial charge in [-0.1, -0.05) is 0 Å². The van der Waals surface area contributed by atoms with E-state index in [0.717, 1.165) is 83.2 Å². The Hall–Kier alpha value is -1.18. The molecule has 0 radical (unpaired) electrons. The van der Waals surface area contributed by atoms with Crippen molar-refractivity contribution in [2.45, 2.75) is 50.5 Å². The summed E-state index contributed by atoms with van der Waals surface area (Å²) in [7, 11) is 0. The maximum Gasteiger partial charge on any atom is 0.226 e. The second kappa shape index (κ2) is 7.33. The van der Waals surface area contributed by atoms with Crippen LogP contribution < -0.4 is 4.90 Å². The number of aromatic nitrogens is 1. The molecule has 3 fully saturated rings. The van der Waals surface area contributed by atoms with Crippen LogP contribution in [0.15, 0.2) is 0 Å². The number of carbonyl (C=O) groups excluding carboxylic acids is 1. The predicted octanol–water partition coefficient (Wildman–Crippen LogP) is 2.26. The van der Waals surface area contributed by atoms with Gasteiger partial charge in [0.25, 0.3) is 0 Å². The Morgan fingerprint density at radius 3 is 2.67 bits per heavy atom. The zero-order valence-electron chi connectivity index (χ0n) is 16.0. The lowest BCUT2D eigenvalue weighted by Crippen LogP contribution is -2.48. The monoisotopic (exact) mass is 391 g/mol. The highest BCUT2D eigenvalue weighted by atomic mass is 32.1. The van der Waals surface area contributed by atoms with Gasteiger partial charge in [-0.2, -0.15) is 0 Å². The smallest absolute Gasteiger partial charge is 0.226 e. The number of hydrogen-bond acceptors (Lipinski definition) is 6. The Balaban J connectivity index is 1.21. The SMILES string of the molecule is O=C(C1CCc2sc(N3CCOCC3)nc2C1)N1CCC2(CCCO2)CC1. The van der Waals surface area contributed by atoms with Gasteiger partial charge < -0.3 is 19.3 Å². The van der Waals surface area contributed by atoms with Crippen LogP contribution in [0.3, 0.4) is 0 Å². The van der Waals surface area contributed by atoms with E-state index < -0.39 is 0 Å². The van der Waals surface area contributed by atoms with Crippen LogP contribution >= 0.6 is 11.3 Å². The van der Waals surface area contributed by atoms with Crippen LogP contribution in [0.5, 0.6) is 0 Å². The van der Waals surface area contributed by atoms with Crippen molar-refractivity contribution in [3.8, 4) is 0 Å². The highest BCUT2D eigenvalue weighted by molar-refractivity contribution is 7.15. The van der Waals surface area contributed by atoms with Crippen molar-refractivity contribution in [3.63, 3.8) is 0 Å². The largest absolute Gasteiger partial charge is 0.378 e. The highest BCUT2D eigenvalue weighted by Gasteiger charge is 2.41. The lowest BCUT2D eigenvalue weighted by Gasteiger charge is -2.40. The number of carbonyl (C=O) groups is 1. The molecule has 0 saturated carbocycles. The number of nitrogens with zero attached hydrogens (tertiary/aromatic N) is 3. The number of morpholine rings is 1. The van der Waals surface area contributed by atoms with E-state index in [4.69, 9.17) is 14.5 Å². The molecule has 3 saturated heterocycles. The summed E-state index contributed by atoms with van der Waals surface area (Å²) in [6, 6.07) is 0. The van der Waals surface area contributed by atoms with E-state index in [1.54, 1.807) is 0 Å². The number of ether oxygens (including phenoxy) is 2. The lowest BCUT2D eigenvalue weighted by molar-refractivity contribution is -0.140. The maximum absolute atomic E-state index is 13.1. The van der Waals surface area contributed by atoms with Gasteiger partial charge in [-0.05, 0) is 38.5 Å². The van der Waals surface area contributed by atoms with Gasteiger partial charge in [0, 0.05) is 50.0 Å². The van der Waals surface area contributed by atoms with Crippen molar-refractivity contribution in [3.05, 3.63) is 10.6 Å². The molecule has 3 aliphatic heterocycles. The molecule has 4 aliphatic rings. The summed E-state index contributed by atoms with van der Waals surface area (Å²) in [5.41, 5.74) is 1.25. The fourth-order valence-electron chi connectivity index (χ4n) is 5.01. The molecule has 1 aromatic rings. The first-order valence-electron chi connectivity index (χ1n) is 10.5. The van der Waals surface area contributed by atoms with Gasteiger partial charge in [0.1, 0.15) is 0 Å². The normalized spacial score (nSPS) is 27.8. The van der Waals surface area contributed by atoms with Crippen LogP contribution in [0, 0.1) is 5.92 Å². The molecule has 1 spiro atoms. The molecular weight excluding hydrogens is 362 g/mol. The average Bonchev–Trinajstić information content (AvgIpc) is 3.35. The third-order valence-corrected chi connectivity index (χ3v) is 7.95. The summed E-state index contributed by atoms with van der Waals surface area (Å²) in [6.45, 7) is 6.03. The maximum atomic E-state index is 13.1. The van der Waals surface area contributed by atoms with Crippen molar-refractivity contribution < 1.29 is 14.3 Å². The molecule has 148 valence electrons. The van der Waals surface area contributed by atoms with E-state index >= 15 is 0 Å². The first-order valence-corrected chi connectivity index (χ1v) is 11.3. The number of rotatable bonds is 2. The number of fused-ring (bicyclic) bond motifs is 1. The highest BCUT2D eigenvalue weighted by Crippen LogP contribution is 2.38. The second-order valence-electron chi connectivity index (χ2n) is 8.37. The number of anilines is 1. The van der Waals surface area contributed by atoms with E-state index in [-0.39, 0.29) is 11.5 Å². The van der Waals surface area contributed by atoms with E-state index in [9.17, 15) is 4.79 Å². The van der Waals surface area contributed by atoms with E-state index in [1.807, 2.05) is 11.3 Å². The molecule has 1 aliphatic carbocycles. The lowest BCUT2D eigenvalue weighted by atomic mass is 9.86. The molecule has 1 aromatic heterocycles. The summed E-state index contributed by atoms with van der Waals surface area (Å²) in [5, 5.41) is 1.12. The minimum Gasteiger partial charge on any atom is -0.378 e. The van der Waals surface area contributed by atoms with Gasteiger partial charge in [-0.25, -0.2) is 4.98 Å². The Morgan fingerprint density at radius 2 is 1.93 bits per heavy atom. The number of amides is 1. The molecule has 0 bridgehead atoms. The zero-order valence-corrected chi connectivity index (χ0v) is 16.8. The minimum atomic E-state index is 0.0818. The van der Waals surface area contributed by atoms with Crippen LogP contribution in [-0.4, -0.2) is 67.4 Å². The van der Waals surface area contributed by atoms with Gasteiger partial charge in [-0.15, -0.1) is 11.3 Å². The molecule has 5 rings (SSSR count). The van der Waals surface area contributed by atoms with Gasteiger partial charge >= 0.3 is 0 Å². The quantitative estimate of drug-likeness (QED) is 0.774. The van der Waals surface area contributed by atoms with Crippen molar-refractivity contribution >= 4 is 22.4 Å². The van der Waals surface area contributed by atoms with Crippen molar-refractivity contribution in [2.24, 2.45) is 5.92 Å². The van der Waals surface area contributed by atoms with E-state index in [2.05, 4.69) is 9.80 Å². The first kappa shape index (κ1) is 17.9. The molecule has 0 aromatic carbocycles. The number of hydrogen-bond donors (Lipinski definition) is 0. The van der Waals surface area contributed by atoms with Crippen LogP contribution in [0.25, 0.3) is 0 Å². The van der Waals surface area contributed by atoms with Gasteiger partial charge in [0.2, 0.25) is 5.91 Å². The summed E-state index contributed by atoms with van der Waals surface area (Å²) in [4.78, 5) is 23.8. The van der Waals surface area contributed by atoms with Crippen LogP contribution in [0.4, 0.5) is 5.13 Å². The summed E-state index contributed by atoms with van der Waals surface area (Å²) in [6.07, 6.45) is 7.14. The predicted molar refractivity (Wildman–Crippen MR) is 104 cm³/mol. The fraction of sp³-hybridized carbons (Fsp3) is 0.800. The summed E-state index contributed by atoms with van der Waals surface area (Å²) >= 11 is 1.82. The van der Waals surface area contributed by atoms with Crippen LogP contribution in [-0.2, 0) is 27.1 Å². The molecule has 1 amide bonds. The molecule has 6 nitrogen and oxygen atoms in total. The molecule has 1 unspecified atom stereocenters. The topological polar surface area (TPSA) is 54.9 Å². The van der Waals surface area contributed by atoms with Crippen LogP contribution in [0.2, 0.25) is 0 Å². The Labute approximate surface area is 164 Å². The first-order chi connectivity index (χ1) is 13.2. The van der Waals surface area contributed by atoms with Crippen LogP contribution in [0.1, 0.15) is 42.7 Å². The van der Waals surface area contributed by atoms with Gasteiger partial charge in [0.15, 0.2) is 5.13 Å². The molecular formula is C20H29N3O3S. The number of likely N-dealkylation sites (tertiary alicyclic amines) is 1. The Bertz CT molecular complexity index is 685. The number of thiazole rings is 1. The number of aryl methyl sites for hydroxylation is 1. The average molecular weight is 392 g/mol. The molecule has 27 heavy (non-hydrogen) atoms. The third kappa shape index (κ3) is 3.49. The molecule has 4 heterocycles.